The first-order valence-corrected chi connectivity index (χ1v) is 6.05. The van der Waals surface area contributed by atoms with Crippen LogP contribution >= 0.6 is 0 Å². The zero-order valence-electron chi connectivity index (χ0n) is 11.5. The average molecular weight is 264 g/mol. The van der Waals surface area contributed by atoms with E-state index in [2.05, 4.69) is 5.32 Å². The lowest BCUT2D eigenvalue weighted by Gasteiger charge is -2.22. The van der Waals surface area contributed by atoms with Crippen LogP contribution in [-0.2, 0) is 4.79 Å². The number of anilines is 2. The first kappa shape index (κ1) is 14.8. The first-order valence-electron chi connectivity index (χ1n) is 6.05. The van der Waals surface area contributed by atoms with Crippen molar-refractivity contribution in [1.82, 2.24) is 9.80 Å². The standard InChI is InChI=1S/C13H20N4O2/c1-4-17(9-12(18)16(2)3)13(19)15-11-7-5-6-10(14)8-11/h5-8H,4,9,14H2,1-3H3,(H,15,19). The first-order chi connectivity index (χ1) is 8.93. The maximum absolute atomic E-state index is 12.0. The third-order valence-electron chi connectivity index (χ3n) is 2.63. The number of carbonyl (C=O) groups is 2. The van der Waals surface area contributed by atoms with Crippen molar-refractivity contribution in [3.05, 3.63) is 24.3 Å². The summed E-state index contributed by atoms with van der Waals surface area (Å²) in [5, 5.41) is 2.71. The molecule has 6 heteroatoms. The Morgan fingerprint density at radius 1 is 1.32 bits per heavy atom. The van der Waals surface area contributed by atoms with Gasteiger partial charge in [0.1, 0.15) is 6.54 Å². The van der Waals surface area contributed by atoms with Gasteiger partial charge in [0.2, 0.25) is 5.91 Å². The summed E-state index contributed by atoms with van der Waals surface area (Å²) in [4.78, 5) is 26.5. The normalized spacial score (nSPS) is 9.84. The number of carbonyl (C=O) groups excluding carboxylic acids is 2. The lowest BCUT2D eigenvalue weighted by molar-refractivity contribution is -0.129. The Hall–Kier alpha value is -2.24. The van der Waals surface area contributed by atoms with Gasteiger partial charge in [-0.25, -0.2) is 4.79 Å². The molecular weight excluding hydrogens is 244 g/mol. The number of hydrogen-bond donors (Lipinski definition) is 2. The highest BCUT2D eigenvalue weighted by Gasteiger charge is 2.16. The third kappa shape index (κ3) is 4.50. The van der Waals surface area contributed by atoms with Gasteiger partial charge in [-0.05, 0) is 25.1 Å². The van der Waals surface area contributed by atoms with Crippen LogP contribution in [-0.4, -0.2) is 48.9 Å². The highest BCUT2D eigenvalue weighted by atomic mass is 16.2. The predicted octanol–water partition coefficient (Wildman–Crippen LogP) is 1.21. The Kier molecular flexibility index (Phi) is 5.17. The molecule has 0 atom stereocenters. The van der Waals surface area contributed by atoms with Crippen LogP contribution in [0.25, 0.3) is 0 Å². The lowest BCUT2D eigenvalue weighted by Crippen LogP contribution is -2.42. The molecule has 3 amide bonds. The summed E-state index contributed by atoms with van der Waals surface area (Å²) < 4.78 is 0. The summed E-state index contributed by atoms with van der Waals surface area (Å²) >= 11 is 0. The van der Waals surface area contributed by atoms with Gasteiger partial charge in [-0.2, -0.15) is 0 Å². The van der Waals surface area contributed by atoms with Gasteiger partial charge < -0.3 is 20.9 Å². The van der Waals surface area contributed by atoms with Gasteiger partial charge in [0.25, 0.3) is 0 Å². The molecule has 19 heavy (non-hydrogen) atoms. The van der Waals surface area contributed by atoms with Crippen LogP contribution in [0.5, 0.6) is 0 Å². The number of benzene rings is 1. The van der Waals surface area contributed by atoms with E-state index in [1.54, 1.807) is 38.4 Å². The van der Waals surface area contributed by atoms with Gasteiger partial charge in [-0.15, -0.1) is 0 Å². The molecule has 0 heterocycles. The molecule has 0 bridgehead atoms. The van der Waals surface area contributed by atoms with Crippen molar-refractivity contribution < 1.29 is 9.59 Å². The van der Waals surface area contributed by atoms with Crippen LogP contribution in [0.15, 0.2) is 24.3 Å². The highest BCUT2D eigenvalue weighted by Crippen LogP contribution is 2.12. The van der Waals surface area contributed by atoms with Gasteiger partial charge in [0.05, 0.1) is 0 Å². The van der Waals surface area contributed by atoms with Crippen LogP contribution in [0.2, 0.25) is 0 Å². The molecule has 0 saturated carbocycles. The minimum Gasteiger partial charge on any atom is -0.399 e. The molecular formula is C13H20N4O2. The van der Waals surface area contributed by atoms with Crippen molar-refractivity contribution in [3.63, 3.8) is 0 Å². The maximum atomic E-state index is 12.0. The average Bonchev–Trinajstić information content (AvgIpc) is 2.35. The molecule has 0 spiro atoms. The van der Waals surface area contributed by atoms with E-state index in [1.165, 1.54) is 9.80 Å². The molecule has 0 unspecified atom stereocenters. The predicted molar refractivity (Wildman–Crippen MR) is 75.8 cm³/mol. The summed E-state index contributed by atoms with van der Waals surface area (Å²) in [7, 11) is 3.32. The number of nitrogens with one attached hydrogen (secondary N) is 1. The fourth-order valence-corrected chi connectivity index (χ4v) is 1.45. The second kappa shape index (κ2) is 6.63. The van der Waals surface area contributed by atoms with E-state index in [1.807, 2.05) is 6.92 Å². The van der Waals surface area contributed by atoms with Gasteiger partial charge in [0.15, 0.2) is 0 Å². The molecule has 0 aromatic heterocycles. The Morgan fingerprint density at radius 2 is 2.00 bits per heavy atom. The SMILES string of the molecule is CCN(CC(=O)N(C)C)C(=O)Nc1cccc(N)c1. The Morgan fingerprint density at radius 3 is 2.53 bits per heavy atom. The summed E-state index contributed by atoms with van der Waals surface area (Å²) in [6, 6.07) is 6.59. The molecule has 6 nitrogen and oxygen atoms in total. The van der Waals surface area contributed by atoms with Crippen molar-refractivity contribution in [3.8, 4) is 0 Å². The molecule has 0 aliphatic carbocycles. The van der Waals surface area contributed by atoms with Gasteiger partial charge in [-0.1, -0.05) is 6.07 Å². The molecule has 1 rings (SSSR count). The zero-order valence-corrected chi connectivity index (χ0v) is 11.5. The quantitative estimate of drug-likeness (QED) is 0.802. The maximum Gasteiger partial charge on any atom is 0.322 e. The third-order valence-corrected chi connectivity index (χ3v) is 2.63. The van der Waals surface area contributed by atoms with E-state index < -0.39 is 0 Å². The topological polar surface area (TPSA) is 78.7 Å². The van der Waals surface area contributed by atoms with E-state index in [0.717, 1.165) is 0 Å². The van der Waals surface area contributed by atoms with E-state index in [-0.39, 0.29) is 18.5 Å². The molecule has 0 fully saturated rings. The molecule has 3 N–H and O–H groups in total. The molecule has 0 radical (unpaired) electrons. The molecule has 0 saturated heterocycles. The zero-order chi connectivity index (χ0) is 14.4. The number of rotatable bonds is 4. The Balaban J connectivity index is 2.66. The highest BCUT2D eigenvalue weighted by molar-refractivity contribution is 5.92. The smallest absolute Gasteiger partial charge is 0.322 e. The molecule has 0 aliphatic rings. The van der Waals surface area contributed by atoms with Crippen LogP contribution in [0.4, 0.5) is 16.2 Å². The summed E-state index contributed by atoms with van der Waals surface area (Å²) in [5.41, 5.74) is 6.82. The summed E-state index contributed by atoms with van der Waals surface area (Å²) in [6.07, 6.45) is 0. The number of nitrogens with zero attached hydrogens (tertiary/aromatic N) is 2. The van der Waals surface area contributed by atoms with Crippen molar-refractivity contribution in [1.29, 1.82) is 0 Å². The number of hydrogen-bond acceptors (Lipinski definition) is 3. The Bertz CT molecular complexity index is 460. The number of urea groups is 1. The largest absolute Gasteiger partial charge is 0.399 e. The van der Waals surface area contributed by atoms with Gasteiger partial charge in [0, 0.05) is 32.0 Å². The van der Waals surface area contributed by atoms with Gasteiger partial charge >= 0.3 is 6.03 Å². The van der Waals surface area contributed by atoms with Crippen LogP contribution < -0.4 is 11.1 Å². The van der Waals surface area contributed by atoms with Crippen molar-refractivity contribution in [2.24, 2.45) is 0 Å². The second-order valence-corrected chi connectivity index (χ2v) is 4.36. The second-order valence-electron chi connectivity index (χ2n) is 4.36. The minimum absolute atomic E-state index is 0.0532. The van der Waals surface area contributed by atoms with Crippen molar-refractivity contribution in [2.45, 2.75) is 6.92 Å². The van der Waals surface area contributed by atoms with E-state index in [0.29, 0.717) is 17.9 Å². The fraction of sp³-hybridized carbons (Fsp3) is 0.385. The number of nitrogen functional groups attached to an aromatic ring is 1. The molecule has 104 valence electrons. The van der Waals surface area contributed by atoms with Gasteiger partial charge in [-0.3, -0.25) is 4.79 Å². The number of nitrogens with two attached hydrogens (primary N) is 1. The number of amides is 3. The van der Waals surface area contributed by atoms with Crippen molar-refractivity contribution >= 4 is 23.3 Å². The lowest BCUT2D eigenvalue weighted by atomic mass is 10.3. The van der Waals surface area contributed by atoms with Crippen LogP contribution in [0, 0.1) is 0 Å². The van der Waals surface area contributed by atoms with E-state index >= 15 is 0 Å². The molecule has 1 aromatic rings. The summed E-state index contributed by atoms with van der Waals surface area (Å²) in [6.45, 7) is 2.33. The summed E-state index contributed by atoms with van der Waals surface area (Å²) in [5.74, 6) is -0.121. The minimum atomic E-state index is -0.316. The van der Waals surface area contributed by atoms with E-state index in [9.17, 15) is 9.59 Å². The Labute approximate surface area is 113 Å². The van der Waals surface area contributed by atoms with E-state index in [4.69, 9.17) is 5.73 Å². The molecule has 0 aliphatic heterocycles. The molecule has 1 aromatic carbocycles. The number of likely N-dealkylation sites (N-methyl/N-ethyl adjacent to an activating group) is 2. The van der Waals surface area contributed by atoms with Crippen LogP contribution in [0.1, 0.15) is 6.92 Å². The fourth-order valence-electron chi connectivity index (χ4n) is 1.45. The van der Waals surface area contributed by atoms with Crippen molar-refractivity contribution in [2.75, 3.05) is 38.2 Å². The van der Waals surface area contributed by atoms with Crippen LogP contribution in [0.3, 0.4) is 0 Å². The monoisotopic (exact) mass is 264 g/mol.